The molecular weight excluding hydrogens is 330 g/mol. The SMILES string of the molecule is CC(C)OCCS(=O)(=O)NCc1ccc(CBr)cc1. The fourth-order valence-corrected chi connectivity index (χ4v) is 2.63. The molecule has 0 unspecified atom stereocenters. The number of halogens is 1. The van der Waals surface area contributed by atoms with Crippen molar-refractivity contribution < 1.29 is 13.2 Å². The summed E-state index contributed by atoms with van der Waals surface area (Å²) in [6.45, 7) is 4.29. The maximum absolute atomic E-state index is 11.7. The lowest BCUT2D eigenvalue weighted by Crippen LogP contribution is -2.28. The summed E-state index contributed by atoms with van der Waals surface area (Å²) in [5.74, 6) is -0.00926. The first kappa shape index (κ1) is 16.6. The molecule has 108 valence electrons. The van der Waals surface area contributed by atoms with Crippen molar-refractivity contribution in [3.05, 3.63) is 35.4 Å². The molecule has 0 bridgehead atoms. The van der Waals surface area contributed by atoms with E-state index in [2.05, 4.69) is 20.7 Å². The Balaban J connectivity index is 2.41. The first-order valence-electron chi connectivity index (χ1n) is 6.15. The monoisotopic (exact) mass is 349 g/mol. The Morgan fingerprint density at radius 2 is 1.79 bits per heavy atom. The second-order valence-corrected chi connectivity index (χ2v) is 7.00. The van der Waals surface area contributed by atoms with Crippen LogP contribution < -0.4 is 4.72 Å². The van der Waals surface area contributed by atoms with E-state index in [9.17, 15) is 8.42 Å². The minimum atomic E-state index is -3.28. The zero-order valence-electron chi connectivity index (χ0n) is 11.2. The molecule has 6 heteroatoms. The van der Waals surface area contributed by atoms with Gasteiger partial charge in [0.1, 0.15) is 0 Å². The average molecular weight is 350 g/mol. The molecule has 1 N–H and O–H groups in total. The highest BCUT2D eigenvalue weighted by molar-refractivity contribution is 9.08. The van der Waals surface area contributed by atoms with E-state index in [0.29, 0.717) is 6.54 Å². The van der Waals surface area contributed by atoms with Crippen LogP contribution >= 0.6 is 15.9 Å². The Hall–Kier alpha value is -0.430. The molecule has 0 atom stereocenters. The maximum atomic E-state index is 11.7. The van der Waals surface area contributed by atoms with Gasteiger partial charge in [0, 0.05) is 11.9 Å². The van der Waals surface area contributed by atoms with Crippen molar-refractivity contribution in [2.45, 2.75) is 31.8 Å². The molecule has 0 aliphatic rings. The van der Waals surface area contributed by atoms with E-state index in [4.69, 9.17) is 4.74 Å². The molecule has 0 aromatic heterocycles. The maximum Gasteiger partial charge on any atom is 0.214 e. The highest BCUT2D eigenvalue weighted by Crippen LogP contribution is 2.08. The number of ether oxygens (including phenoxy) is 1. The third kappa shape index (κ3) is 7.06. The molecule has 1 aromatic rings. The first-order chi connectivity index (χ1) is 8.93. The van der Waals surface area contributed by atoms with Gasteiger partial charge >= 0.3 is 0 Å². The number of benzene rings is 1. The third-order valence-electron chi connectivity index (χ3n) is 2.48. The molecule has 1 rings (SSSR count). The van der Waals surface area contributed by atoms with Crippen LogP contribution in [0.5, 0.6) is 0 Å². The fourth-order valence-electron chi connectivity index (χ4n) is 1.41. The van der Waals surface area contributed by atoms with E-state index in [-0.39, 0.29) is 18.5 Å². The molecule has 0 spiro atoms. The van der Waals surface area contributed by atoms with Crippen LogP contribution in [0.25, 0.3) is 0 Å². The van der Waals surface area contributed by atoms with Gasteiger partial charge in [-0.3, -0.25) is 0 Å². The van der Waals surface area contributed by atoms with Gasteiger partial charge in [-0.2, -0.15) is 0 Å². The normalized spacial score (nSPS) is 12.0. The summed E-state index contributed by atoms with van der Waals surface area (Å²) in [4.78, 5) is 0. The average Bonchev–Trinajstić information content (AvgIpc) is 2.36. The summed E-state index contributed by atoms with van der Waals surface area (Å²) in [5.41, 5.74) is 2.11. The van der Waals surface area contributed by atoms with Crippen LogP contribution in [0.15, 0.2) is 24.3 Å². The van der Waals surface area contributed by atoms with E-state index in [1.54, 1.807) is 0 Å². The molecule has 19 heavy (non-hydrogen) atoms. The lowest BCUT2D eigenvalue weighted by molar-refractivity contribution is 0.0911. The van der Waals surface area contributed by atoms with Crippen LogP contribution in [0.2, 0.25) is 0 Å². The van der Waals surface area contributed by atoms with Crippen LogP contribution in [0.1, 0.15) is 25.0 Å². The molecule has 0 saturated carbocycles. The Kier molecular flexibility index (Phi) is 6.99. The predicted molar refractivity (Wildman–Crippen MR) is 80.8 cm³/mol. The van der Waals surface area contributed by atoms with E-state index >= 15 is 0 Å². The quantitative estimate of drug-likeness (QED) is 0.733. The van der Waals surface area contributed by atoms with Crippen LogP contribution in [-0.4, -0.2) is 26.9 Å². The van der Waals surface area contributed by atoms with Crippen LogP contribution in [0.3, 0.4) is 0 Å². The van der Waals surface area contributed by atoms with E-state index in [1.165, 1.54) is 0 Å². The molecule has 0 fully saturated rings. The van der Waals surface area contributed by atoms with Crippen LogP contribution in [0, 0.1) is 0 Å². The van der Waals surface area contributed by atoms with E-state index < -0.39 is 10.0 Å². The number of sulfonamides is 1. The van der Waals surface area contributed by atoms with Gasteiger partial charge in [-0.25, -0.2) is 13.1 Å². The van der Waals surface area contributed by atoms with Crippen molar-refractivity contribution in [2.75, 3.05) is 12.4 Å². The molecule has 0 aliphatic carbocycles. The molecule has 0 saturated heterocycles. The van der Waals surface area contributed by atoms with E-state index in [1.807, 2.05) is 38.1 Å². The lowest BCUT2D eigenvalue weighted by atomic mass is 10.2. The van der Waals surface area contributed by atoms with Gasteiger partial charge in [0.2, 0.25) is 10.0 Å². The Morgan fingerprint density at radius 1 is 1.21 bits per heavy atom. The summed E-state index contributed by atoms with van der Waals surface area (Å²) in [7, 11) is -3.28. The van der Waals surface area contributed by atoms with Gasteiger partial charge in [0.15, 0.2) is 0 Å². The van der Waals surface area contributed by atoms with Gasteiger partial charge < -0.3 is 4.74 Å². The molecule has 0 heterocycles. The minimum Gasteiger partial charge on any atom is -0.378 e. The smallest absolute Gasteiger partial charge is 0.214 e. The summed E-state index contributed by atoms with van der Waals surface area (Å²) >= 11 is 3.37. The molecule has 1 aromatic carbocycles. The molecule has 4 nitrogen and oxygen atoms in total. The molecule has 0 radical (unpaired) electrons. The number of hydrogen-bond acceptors (Lipinski definition) is 3. The topological polar surface area (TPSA) is 55.4 Å². The van der Waals surface area contributed by atoms with Gasteiger partial charge in [-0.05, 0) is 25.0 Å². The Morgan fingerprint density at radius 3 is 2.32 bits per heavy atom. The summed E-state index contributed by atoms with van der Waals surface area (Å²) < 4.78 is 31.2. The Labute approximate surface area is 123 Å². The second-order valence-electron chi connectivity index (χ2n) is 4.51. The molecule has 0 aliphatic heterocycles. The van der Waals surface area contributed by atoms with Crippen molar-refractivity contribution in [2.24, 2.45) is 0 Å². The van der Waals surface area contributed by atoms with Crippen molar-refractivity contribution in [1.29, 1.82) is 0 Å². The zero-order chi connectivity index (χ0) is 14.3. The highest BCUT2D eigenvalue weighted by Gasteiger charge is 2.10. The van der Waals surface area contributed by atoms with Crippen molar-refractivity contribution in [1.82, 2.24) is 4.72 Å². The standard InChI is InChI=1S/C13H20BrNO3S/c1-11(2)18-7-8-19(16,17)15-10-13-5-3-12(9-14)4-6-13/h3-6,11,15H,7-10H2,1-2H3. The van der Waals surface area contributed by atoms with Crippen molar-refractivity contribution in [3.8, 4) is 0 Å². The zero-order valence-corrected chi connectivity index (χ0v) is 13.6. The van der Waals surface area contributed by atoms with Crippen molar-refractivity contribution >= 4 is 26.0 Å². The summed E-state index contributed by atoms with van der Waals surface area (Å²) in [6, 6.07) is 7.79. The van der Waals surface area contributed by atoms with Gasteiger partial charge in [-0.15, -0.1) is 0 Å². The van der Waals surface area contributed by atoms with Gasteiger partial charge in [-0.1, -0.05) is 40.2 Å². The third-order valence-corrected chi connectivity index (χ3v) is 4.41. The summed E-state index contributed by atoms with van der Waals surface area (Å²) in [6.07, 6.45) is 0.0481. The second kappa shape index (κ2) is 7.99. The largest absolute Gasteiger partial charge is 0.378 e. The van der Waals surface area contributed by atoms with Crippen LogP contribution in [0.4, 0.5) is 0 Å². The minimum absolute atomic E-state index is 0.00926. The summed E-state index contributed by atoms with van der Waals surface area (Å²) in [5, 5.41) is 0.797. The van der Waals surface area contributed by atoms with Gasteiger partial charge in [0.05, 0.1) is 18.5 Å². The molecular formula is C13H20BrNO3S. The predicted octanol–water partition coefficient (Wildman–Crippen LogP) is 2.43. The highest BCUT2D eigenvalue weighted by atomic mass is 79.9. The van der Waals surface area contributed by atoms with Gasteiger partial charge in [0.25, 0.3) is 0 Å². The Bertz CT molecular complexity index is 471. The number of nitrogens with one attached hydrogen (secondary N) is 1. The number of rotatable bonds is 8. The van der Waals surface area contributed by atoms with Crippen molar-refractivity contribution in [3.63, 3.8) is 0 Å². The lowest BCUT2D eigenvalue weighted by Gasteiger charge is -2.09. The van der Waals surface area contributed by atoms with E-state index in [0.717, 1.165) is 16.5 Å². The molecule has 0 amide bonds. The van der Waals surface area contributed by atoms with Crippen LogP contribution in [-0.2, 0) is 26.6 Å². The first-order valence-corrected chi connectivity index (χ1v) is 8.93. The number of hydrogen-bond donors (Lipinski definition) is 1. The number of alkyl halides is 1. The fraction of sp³-hybridized carbons (Fsp3) is 0.538.